The first-order valence-electron chi connectivity index (χ1n) is 6.90. The van der Waals surface area contributed by atoms with Crippen LogP contribution < -0.4 is 15.9 Å². The standard InChI is InChI=1S/C18H13F3PSe/c19-13-1-7-16(8-2-13)22(23,17-9-3-14(20)4-10-17)18-11-5-15(21)6-12-18/h1-12,23H. The third-order valence-corrected chi connectivity index (χ3v) is 11.1. The van der Waals surface area contributed by atoms with Gasteiger partial charge in [-0.1, -0.05) is 0 Å². The quantitative estimate of drug-likeness (QED) is 0.471. The summed E-state index contributed by atoms with van der Waals surface area (Å²) in [5, 5.41) is 2.78. The Morgan fingerprint density at radius 2 is 0.696 bits per heavy atom. The van der Waals surface area contributed by atoms with E-state index in [1.165, 1.54) is 36.4 Å². The van der Waals surface area contributed by atoms with Crippen molar-refractivity contribution in [2.75, 3.05) is 0 Å². The molecule has 0 aliphatic heterocycles. The van der Waals surface area contributed by atoms with E-state index in [1.54, 1.807) is 36.4 Å². The number of halogens is 3. The van der Waals surface area contributed by atoms with Crippen LogP contribution in [0, 0.1) is 17.5 Å². The molecule has 3 aromatic carbocycles. The second-order valence-corrected chi connectivity index (χ2v) is 11.7. The Morgan fingerprint density at radius 3 is 0.913 bits per heavy atom. The van der Waals surface area contributed by atoms with Crippen LogP contribution in [0.5, 0.6) is 0 Å². The zero-order valence-corrected chi connectivity index (χ0v) is 14.7. The van der Waals surface area contributed by atoms with Crippen LogP contribution >= 0.6 is 5.51 Å². The van der Waals surface area contributed by atoms with Gasteiger partial charge in [-0.25, -0.2) is 0 Å². The third-order valence-electron chi connectivity index (χ3n) is 3.60. The Labute approximate surface area is 140 Å². The van der Waals surface area contributed by atoms with Crippen LogP contribution in [0.3, 0.4) is 0 Å². The van der Waals surface area contributed by atoms with Crippen molar-refractivity contribution in [1.82, 2.24) is 0 Å². The molecule has 3 rings (SSSR count). The average Bonchev–Trinajstić information content (AvgIpc) is 2.56. The van der Waals surface area contributed by atoms with Gasteiger partial charge in [0.2, 0.25) is 0 Å². The fraction of sp³-hybridized carbons (Fsp3) is 0. The van der Waals surface area contributed by atoms with Gasteiger partial charge < -0.3 is 0 Å². The monoisotopic (exact) mass is 397 g/mol. The van der Waals surface area contributed by atoms with Gasteiger partial charge in [0.25, 0.3) is 0 Å². The summed E-state index contributed by atoms with van der Waals surface area (Å²) in [5.41, 5.74) is -2.15. The van der Waals surface area contributed by atoms with Gasteiger partial charge in [0.1, 0.15) is 0 Å². The molecule has 0 saturated carbocycles. The molecule has 117 valence electrons. The van der Waals surface area contributed by atoms with Crippen molar-refractivity contribution in [1.29, 1.82) is 0 Å². The first-order valence-corrected chi connectivity index (χ1v) is 11.2. The molecule has 0 nitrogen and oxygen atoms in total. The van der Waals surface area contributed by atoms with E-state index in [9.17, 15) is 13.2 Å². The van der Waals surface area contributed by atoms with Gasteiger partial charge in [-0.15, -0.1) is 0 Å². The number of hydrogen-bond acceptors (Lipinski definition) is 0. The molecule has 3 aromatic rings. The van der Waals surface area contributed by atoms with Crippen molar-refractivity contribution in [3.05, 3.63) is 90.2 Å². The molecular formula is C18H13F3PSe. The summed E-state index contributed by atoms with van der Waals surface area (Å²) in [6.07, 6.45) is 0. The van der Waals surface area contributed by atoms with Gasteiger partial charge in [-0.2, -0.15) is 0 Å². The zero-order valence-electron chi connectivity index (χ0n) is 12.0. The molecule has 23 heavy (non-hydrogen) atoms. The van der Waals surface area contributed by atoms with Gasteiger partial charge in [0.05, 0.1) is 0 Å². The summed E-state index contributed by atoms with van der Waals surface area (Å²) in [7, 11) is 0. The fourth-order valence-corrected chi connectivity index (χ4v) is 7.57. The molecule has 5 heteroatoms. The van der Waals surface area contributed by atoms with Crippen LogP contribution in [0.25, 0.3) is 0 Å². The van der Waals surface area contributed by atoms with Crippen LogP contribution in [-0.2, 0) is 0 Å². The van der Waals surface area contributed by atoms with Gasteiger partial charge in [-0.05, 0) is 0 Å². The second kappa shape index (κ2) is 6.49. The van der Waals surface area contributed by atoms with E-state index < -0.39 is 5.51 Å². The third kappa shape index (κ3) is 3.21. The van der Waals surface area contributed by atoms with Crippen molar-refractivity contribution in [3.63, 3.8) is 0 Å². The Balaban J connectivity index is 2.24. The Kier molecular flexibility index (Phi) is 4.59. The molecule has 0 fully saturated rings. The molecule has 1 radical (unpaired) electrons. The minimum atomic E-state index is -2.15. The average molecular weight is 396 g/mol. The van der Waals surface area contributed by atoms with Crippen molar-refractivity contribution < 1.29 is 13.2 Å². The van der Waals surface area contributed by atoms with E-state index >= 15 is 0 Å². The van der Waals surface area contributed by atoms with Crippen molar-refractivity contribution in [2.24, 2.45) is 0 Å². The second-order valence-electron chi connectivity index (χ2n) is 5.06. The summed E-state index contributed by atoms with van der Waals surface area (Å²) >= 11 is 2.66. The van der Waals surface area contributed by atoms with Crippen LogP contribution in [-0.4, -0.2) is 15.1 Å². The Morgan fingerprint density at radius 1 is 0.478 bits per heavy atom. The summed E-state index contributed by atoms with van der Waals surface area (Å²) < 4.78 is 39.9. The maximum atomic E-state index is 13.3. The topological polar surface area (TPSA) is 0 Å². The molecule has 0 aliphatic rings. The molecule has 0 saturated heterocycles. The maximum absolute atomic E-state index is 13.3. The predicted molar refractivity (Wildman–Crippen MR) is 92.2 cm³/mol. The molecule has 0 bridgehead atoms. The van der Waals surface area contributed by atoms with Crippen LogP contribution in [0.2, 0.25) is 0 Å². The molecule has 0 amide bonds. The van der Waals surface area contributed by atoms with Gasteiger partial charge in [0.15, 0.2) is 0 Å². The van der Waals surface area contributed by atoms with E-state index in [1.807, 2.05) is 0 Å². The molecule has 0 unspecified atom stereocenters. The van der Waals surface area contributed by atoms with Crippen molar-refractivity contribution in [2.45, 2.75) is 0 Å². The summed E-state index contributed by atoms with van der Waals surface area (Å²) in [5.74, 6) is -0.942. The number of rotatable bonds is 3. The summed E-state index contributed by atoms with van der Waals surface area (Å²) in [6, 6.07) is 18.8. The van der Waals surface area contributed by atoms with Gasteiger partial charge in [-0.3, -0.25) is 0 Å². The first-order chi connectivity index (χ1) is 11.0. The molecule has 0 aromatic heterocycles. The van der Waals surface area contributed by atoms with E-state index in [2.05, 4.69) is 15.1 Å². The van der Waals surface area contributed by atoms with Crippen molar-refractivity contribution in [3.8, 4) is 0 Å². The number of hydrogen-bond donors (Lipinski definition) is 0. The predicted octanol–water partition coefficient (Wildman–Crippen LogP) is 3.21. The zero-order chi connectivity index (χ0) is 16.4. The normalized spacial score (nSPS) is 11.4. The van der Waals surface area contributed by atoms with Gasteiger partial charge >= 0.3 is 140 Å². The fourth-order valence-electron chi connectivity index (χ4n) is 2.42. The van der Waals surface area contributed by atoms with Crippen LogP contribution in [0.4, 0.5) is 13.2 Å². The van der Waals surface area contributed by atoms with Gasteiger partial charge in [0, 0.05) is 0 Å². The molecule has 0 spiro atoms. The molecule has 0 N–H and O–H groups in total. The minimum absolute atomic E-state index is 0.314. The number of benzene rings is 3. The van der Waals surface area contributed by atoms with E-state index in [0.717, 1.165) is 15.9 Å². The SMILES string of the molecule is Fc1ccc(P(=[SeH])(c2ccc(F)cc2)c2ccc(F)cc2)cc1. The van der Waals surface area contributed by atoms with E-state index in [4.69, 9.17) is 0 Å². The summed E-state index contributed by atoms with van der Waals surface area (Å²) in [4.78, 5) is 0. The summed E-state index contributed by atoms with van der Waals surface area (Å²) in [6.45, 7) is 0. The van der Waals surface area contributed by atoms with E-state index in [-0.39, 0.29) is 17.5 Å². The van der Waals surface area contributed by atoms with Crippen LogP contribution in [0.1, 0.15) is 0 Å². The molecule has 0 atom stereocenters. The molecule has 0 heterocycles. The molecule has 0 aliphatic carbocycles. The first kappa shape index (κ1) is 16.3. The van der Waals surface area contributed by atoms with E-state index in [0.29, 0.717) is 0 Å². The Hall–Kier alpha value is -1.60. The van der Waals surface area contributed by atoms with Crippen LogP contribution in [0.15, 0.2) is 72.8 Å². The Bertz CT molecular complexity index is 739. The molecular weight excluding hydrogens is 383 g/mol. The van der Waals surface area contributed by atoms with Crippen molar-refractivity contribution >= 4 is 36.5 Å².